The van der Waals surface area contributed by atoms with Gasteiger partial charge in [-0.25, -0.2) is 15.0 Å². The Bertz CT molecular complexity index is 3610. The van der Waals surface area contributed by atoms with Gasteiger partial charge in [-0.15, -0.1) is 0 Å². The molecule has 0 aliphatic heterocycles. The molecule has 12 rings (SSSR count). The zero-order valence-electron chi connectivity index (χ0n) is 33.0. The third-order valence-electron chi connectivity index (χ3n) is 11.9. The van der Waals surface area contributed by atoms with E-state index in [1.54, 1.807) is 0 Å². The van der Waals surface area contributed by atoms with Gasteiger partial charge in [0, 0.05) is 54.6 Å². The van der Waals surface area contributed by atoms with Crippen molar-refractivity contribution in [3.63, 3.8) is 0 Å². The zero-order valence-corrected chi connectivity index (χ0v) is 33.0. The molecule has 4 heteroatoms. The Labute approximate surface area is 352 Å². The van der Waals surface area contributed by atoms with Crippen LogP contribution in [0.4, 0.5) is 0 Å². The lowest BCUT2D eigenvalue weighted by Gasteiger charge is -2.16. The van der Waals surface area contributed by atoms with Crippen LogP contribution in [-0.2, 0) is 0 Å². The highest BCUT2D eigenvalue weighted by Gasteiger charge is 2.22. The Morgan fingerprint density at radius 2 is 0.787 bits per heavy atom. The Morgan fingerprint density at radius 1 is 0.279 bits per heavy atom. The van der Waals surface area contributed by atoms with Gasteiger partial charge >= 0.3 is 0 Å². The van der Waals surface area contributed by atoms with E-state index in [1.807, 2.05) is 24.3 Å². The minimum atomic E-state index is 0.694. The van der Waals surface area contributed by atoms with Gasteiger partial charge in [-0.2, -0.15) is 0 Å². The molecule has 284 valence electrons. The number of rotatable bonds is 6. The second kappa shape index (κ2) is 14.3. The van der Waals surface area contributed by atoms with Crippen molar-refractivity contribution in [3.05, 3.63) is 212 Å². The molecule has 0 fully saturated rings. The van der Waals surface area contributed by atoms with Crippen molar-refractivity contribution in [1.82, 2.24) is 15.0 Å². The number of furan rings is 1. The normalized spacial score (nSPS) is 11.6. The van der Waals surface area contributed by atoms with E-state index in [2.05, 4.69) is 188 Å². The molecule has 0 radical (unpaired) electrons. The predicted octanol–water partition coefficient (Wildman–Crippen LogP) is 15.2. The van der Waals surface area contributed by atoms with Crippen LogP contribution in [0.25, 0.3) is 122 Å². The van der Waals surface area contributed by atoms with Gasteiger partial charge in [0.05, 0.1) is 22.4 Å². The van der Waals surface area contributed by atoms with E-state index in [0.29, 0.717) is 5.82 Å². The standard InChI is InChI=1S/C57H35N3O/c1-3-14-36(15-4-1)37-28-32-41(33-29-37)55-45-21-8-11-24-49(45)59-57(60-55)43-19-13-18-42(34-43)38-26-30-39(31-27-38)52-53-44-20-7-10-23-48(44)58-56(40-16-5-2-6-17-40)47(53)35-51-54(52)46-22-9-12-25-50(46)61-51/h1-35H. The average Bonchev–Trinajstić information content (AvgIpc) is 3.71. The van der Waals surface area contributed by atoms with Crippen molar-refractivity contribution in [3.8, 4) is 67.3 Å². The summed E-state index contributed by atoms with van der Waals surface area (Å²) < 4.78 is 6.62. The summed E-state index contributed by atoms with van der Waals surface area (Å²) in [6.07, 6.45) is 0. The summed E-state index contributed by atoms with van der Waals surface area (Å²) in [7, 11) is 0. The second-order valence-electron chi connectivity index (χ2n) is 15.5. The number of nitrogens with zero attached hydrogens (tertiary/aromatic N) is 3. The molecule has 3 aromatic heterocycles. The highest BCUT2D eigenvalue weighted by molar-refractivity contribution is 6.27. The van der Waals surface area contributed by atoms with Crippen LogP contribution >= 0.6 is 0 Å². The molecule has 0 aliphatic carbocycles. The summed E-state index contributed by atoms with van der Waals surface area (Å²) in [5.74, 6) is 0.694. The van der Waals surface area contributed by atoms with E-state index in [4.69, 9.17) is 19.4 Å². The SMILES string of the molecule is c1ccc(-c2ccc(-c3nc(-c4cccc(-c5ccc(-c6c7c(cc8c(-c9ccccc9)nc9ccccc9c68)oc6ccccc67)cc5)c4)nc4ccccc34)cc2)cc1. The lowest BCUT2D eigenvalue weighted by molar-refractivity contribution is 0.669. The molecule has 0 atom stereocenters. The number of hydrogen-bond acceptors (Lipinski definition) is 4. The molecule has 9 aromatic carbocycles. The highest BCUT2D eigenvalue weighted by atomic mass is 16.3. The third-order valence-corrected chi connectivity index (χ3v) is 11.9. The molecule has 0 saturated heterocycles. The quantitative estimate of drug-likeness (QED) is 0.158. The Morgan fingerprint density at radius 3 is 1.54 bits per heavy atom. The maximum Gasteiger partial charge on any atom is 0.160 e. The molecule has 0 saturated carbocycles. The number of fused-ring (bicyclic) bond motifs is 7. The van der Waals surface area contributed by atoms with Crippen molar-refractivity contribution in [2.75, 3.05) is 0 Å². The minimum absolute atomic E-state index is 0.694. The molecule has 0 N–H and O–H groups in total. The Hall–Kier alpha value is -8.21. The number of benzene rings is 9. The zero-order chi connectivity index (χ0) is 40.3. The summed E-state index contributed by atoms with van der Waals surface area (Å²) >= 11 is 0. The van der Waals surface area contributed by atoms with Crippen molar-refractivity contribution in [2.24, 2.45) is 0 Å². The topological polar surface area (TPSA) is 51.8 Å². The average molecular weight is 778 g/mol. The number of para-hydroxylation sites is 3. The van der Waals surface area contributed by atoms with Crippen LogP contribution in [0.15, 0.2) is 217 Å². The van der Waals surface area contributed by atoms with E-state index in [-0.39, 0.29) is 0 Å². The van der Waals surface area contributed by atoms with Crippen LogP contribution < -0.4 is 0 Å². The molecule has 12 aromatic rings. The lowest BCUT2D eigenvalue weighted by atomic mass is 9.89. The number of aromatic nitrogens is 3. The summed E-state index contributed by atoms with van der Waals surface area (Å²) in [5, 5.41) is 6.56. The first-order valence-electron chi connectivity index (χ1n) is 20.6. The molecular weight excluding hydrogens is 743 g/mol. The van der Waals surface area contributed by atoms with Crippen LogP contribution in [0.3, 0.4) is 0 Å². The minimum Gasteiger partial charge on any atom is -0.456 e. The molecule has 0 amide bonds. The first kappa shape index (κ1) is 34.8. The second-order valence-corrected chi connectivity index (χ2v) is 15.5. The van der Waals surface area contributed by atoms with E-state index in [0.717, 1.165) is 105 Å². The van der Waals surface area contributed by atoms with Crippen molar-refractivity contribution < 1.29 is 4.42 Å². The lowest BCUT2D eigenvalue weighted by Crippen LogP contribution is -1.95. The Kier molecular flexibility index (Phi) is 8.13. The third kappa shape index (κ3) is 5.96. The maximum absolute atomic E-state index is 6.62. The van der Waals surface area contributed by atoms with Gasteiger partial charge in [0.1, 0.15) is 11.2 Å². The molecule has 0 unspecified atom stereocenters. The van der Waals surface area contributed by atoms with Crippen molar-refractivity contribution in [2.45, 2.75) is 0 Å². The first-order valence-corrected chi connectivity index (χ1v) is 20.6. The van der Waals surface area contributed by atoms with Crippen molar-refractivity contribution >= 4 is 54.5 Å². The highest BCUT2D eigenvalue weighted by Crippen LogP contribution is 2.46. The molecular formula is C57H35N3O. The number of pyridine rings is 1. The maximum atomic E-state index is 6.62. The molecule has 0 aliphatic rings. The van der Waals surface area contributed by atoms with Gasteiger partial charge in [-0.3, -0.25) is 0 Å². The smallest absolute Gasteiger partial charge is 0.160 e. The fourth-order valence-electron chi connectivity index (χ4n) is 8.97. The van der Waals surface area contributed by atoms with Crippen molar-refractivity contribution in [1.29, 1.82) is 0 Å². The molecule has 0 bridgehead atoms. The van der Waals surface area contributed by atoms with Crippen LogP contribution in [-0.4, -0.2) is 15.0 Å². The molecule has 61 heavy (non-hydrogen) atoms. The van der Waals surface area contributed by atoms with Gasteiger partial charge < -0.3 is 4.42 Å². The fourth-order valence-corrected chi connectivity index (χ4v) is 8.97. The van der Waals surface area contributed by atoms with Crippen LogP contribution in [0.2, 0.25) is 0 Å². The Balaban J connectivity index is 0.989. The van der Waals surface area contributed by atoms with Crippen LogP contribution in [0.5, 0.6) is 0 Å². The van der Waals surface area contributed by atoms with E-state index in [9.17, 15) is 0 Å². The summed E-state index contributed by atoms with van der Waals surface area (Å²) in [6, 6.07) is 74.4. The largest absolute Gasteiger partial charge is 0.456 e. The van der Waals surface area contributed by atoms with Gasteiger partial charge in [0.25, 0.3) is 0 Å². The van der Waals surface area contributed by atoms with Crippen LogP contribution in [0, 0.1) is 0 Å². The van der Waals surface area contributed by atoms with Gasteiger partial charge in [-0.1, -0.05) is 182 Å². The van der Waals surface area contributed by atoms with E-state index in [1.165, 1.54) is 11.1 Å². The summed E-state index contributed by atoms with van der Waals surface area (Å²) in [4.78, 5) is 15.6. The fraction of sp³-hybridized carbons (Fsp3) is 0. The molecule has 3 heterocycles. The van der Waals surface area contributed by atoms with Gasteiger partial charge in [0.2, 0.25) is 0 Å². The molecule has 4 nitrogen and oxygen atoms in total. The van der Waals surface area contributed by atoms with Gasteiger partial charge in [0.15, 0.2) is 5.82 Å². The van der Waals surface area contributed by atoms with E-state index < -0.39 is 0 Å². The van der Waals surface area contributed by atoms with E-state index >= 15 is 0 Å². The molecule has 0 spiro atoms. The van der Waals surface area contributed by atoms with Crippen LogP contribution in [0.1, 0.15) is 0 Å². The predicted molar refractivity (Wildman–Crippen MR) is 252 cm³/mol. The summed E-state index contributed by atoms with van der Waals surface area (Å²) in [6.45, 7) is 0. The number of hydrogen-bond donors (Lipinski definition) is 0. The first-order chi connectivity index (χ1) is 30.2. The monoisotopic (exact) mass is 777 g/mol. The van der Waals surface area contributed by atoms with Gasteiger partial charge in [-0.05, 0) is 58.1 Å². The summed E-state index contributed by atoms with van der Waals surface area (Å²) in [5.41, 5.74) is 15.3.